The van der Waals surface area contributed by atoms with Crippen LogP contribution in [0.15, 0.2) is 0 Å². The van der Waals surface area contributed by atoms with Gasteiger partial charge in [-0.15, -0.1) is 11.6 Å². The van der Waals surface area contributed by atoms with Gasteiger partial charge in [0.1, 0.15) is 0 Å². The van der Waals surface area contributed by atoms with Crippen LogP contribution >= 0.6 is 11.6 Å². The van der Waals surface area contributed by atoms with Crippen LogP contribution in [0.3, 0.4) is 0 Å². The number of hydrogen-bond donors (Lipinski definition) is 2. The van der Waals surface area contributed by atoms with Crippen LogP contribution in [0.1, 0.15) is 0 Å². The number of halogens is 3. The van der Waals surface area contributed by atoms with Gasteiger partial charge < -0.3 is 5.32 Å². The van der Waals surface area contributed by atoms with E-state index in [0.717, 1.165) is 0 Å². The van der Waals surface area contributed by atoms with Crippen LogP contribution in [0, 0.1) is 0 Å². The SMILES string of the molecule is NC(F)(F)C(=O)NCCCl. The zero-order valence-electron chi connectivity index (χ0n) is 5.03. The van der Waals surface area contributed by atoms with Gasteiger partial charge in [-0.1, -0.05) is 0 Å². The Morgan fingerprint density at radius 1 is 1.70 bits per heavy atom. The number of hydrogen-bond acceptors (Lipinski definition) is 2. The maximum absolute atomic E-state index is 11.8. The van der Waals surface area contributed by atoms with Gasteiger partial charge in [-0.2, -0.15) is 8.78 Å². The van der Waals surface area contributed by atoms with Gasteiger partial charge in [-0.3, -0.25) is 10.5 Å². The summed E-state index contributed by atoms with van der Waals surface area (Å²) in [6, 6.07) is -3.80. The largest absolute Gasteiger partial charge is 0.378 e. The Morgan fingerprint density at radius 2 is 2.20 bits per heavy atom. The quantitative estimate of drug-likeness (QED) is 0.461. The molecule has 0 spiro atoms. The highest BCUT2D eigenvalue weighted by molar-refractivity contribution is 6.18. The van der Waals surface area contributed by atoms with E-state index in [1.165, 1.54) is 0 Å². The van der Waals surface area contributed by atoms with Gasteiger partial charge in [0.25, 0.3) is 0 Å². The van der Waals surface area contributed by atoms with E-state index in [1.54, 1.807) is 0 Å². The lowest BCUT2D eigenvalue weighted by molar-refractivity contribution is -0.144. The molecular weight excluding hydrogens is 166 g/mol. The standard InChI is InChI=1S/C4H7ClF2N2O/c5-1-2-9-3(10)4(6,7)8/h1-2,8H2,(H,9,10). The fourth-order valence-corrected chi connectivity index (χ4v) is 0.373. The molecule has 0 aromatic rings. The first-order valence-corrected chi connectivity index (χ1v) is 3.03. The van der Waals surface area contributed by atoms with Gasteiger partial charge in [0.2, 0.25) is 0 Å². The van der Waals surface area contributed by atoms with Gasteiger partial charge in [0, 0.05) is 12.4 Å². The first-order valence-electron chi connectivity index (χ1n) is 2.49. The Hall–Kier alpha value is -0.420. The molecular formula is C4H7ClF2N2O. The minimum absolute atomic E-state index is 0.00677. The number of carbonyl (C=O) groups is 1. The predicted octanol–water partition coefficient (Wildman–Crippen LogP) is -0.107. The fraction of sp³-hybridized carbons (Fsp3) is 0.750. The summed E-state index contributed by atoms with van der Waals surface area (Å²) < 4.78 is 23.5. The third-order valence-corrected chi connectivity index (χ3v) is 0.872. The summed E-state index contributed by atoms with van der Waals surface area (Å²) in [6.07, 6.45) is 0. The Labute approximate surface area is 61.5 Å². The highest BCUT2D eigenvalue weighted by Crippen LogP contribution is 2.02. The summed E-state index contributed by atoms with van der Waals surface area (Å²) in [5, 5.41) is 1.83. The van der Waals surface area contributed by atoms with E-state index in [2.05, 4.69) is 5.73 Å². The van der Waals surface area contributed by atoms with E-state index < -0.39 is 12.0 Å². The molecule has 0 unspecified atom stereocenters. The summed E-state index contributed by atoms with van der Waals surface area (Å²) in [5.41, 5.74) is 4.13. The molecule has 0 aromatic heterocycles. The third-order valence-electron chi connectivity index (χ3n) is 0.683. The van der Waals surface area contributed by atoms with Crippen molar-refractivity contribution in [1.82, 2.24) is 5.32 Å². The Kier molecular flexibility index (Phi) is 3.52. The normalized spacial score (nSPS) is 11.2. The maximum atomic E-state index is 11.8. The van der Waals surface area contributed by atoms with Crippen molar-refractivity contribution in [3.63, 3.8) is 0 Å². The number of alkyl halides is 3. The van der Waals surface area contributed by atoms with Crippen molar-refractivity contribution >= 4 is 17.5 Å². The Balaban J connectivity index is 3.64. The van der Waals surface area contributed by atoms with Crippen LogP contribution in [0.4, 0.5) is 8.78 Å². The molecule has 0 aliphatic carbocycles. The van der Waals surface area contributed by atoms with Gasteiger partial charge in [0.05, 0.1) is 0 Å². The lowest BCUT2D eigenvalue weighted by atomic mass is 10.5. The Morgan fingerprint density at radius 3 is 2.50 bits per heavy atom. The smallest absolute Gasteiger partial charge is 0.348 e. The molecule has 60 valence electrons. The number of rotatable bonds is 3. The molecule has 0 saturated heterocycles. The summed E-state index contributed by atoms with van der Waals surface area (Å²) in [7, 11) is 0. The van der Waals surface area contributed by atoms with Gasteiger partial charge >= 0.3 is 12.0 Å². The van der Waals surface area contributed by atoms with Crippen molar-refractivity contribution in [2.75, 3.05) is 12.4 Å². The Bertz CT molecular complexity index is 125. The molecule has 0 atom stereocenters. The average molecular weight is 173 g/mol. The van der Waals surface area contributed by atoms with E-state index in [-0.39, 0.29) is 12.4 Å². The van der Waals surface area contributed by atoms with Crippen LogP contribution in [-0.2, 0) is 4.79 Å². The summed E-state index contributed by atoms with van der Waals surface area (Å²) in [6.45, 7) is -0.00677. The number of carbonyl (C=O) groups excluding carboxylic acids is 1. The molecule has 0 fully saturated rings. The van der Waals surface area contributed by atoms with E-state index in [1.807, 2.05) is 5.32 Å². The number of nitrogens with one attached hydrogen (secondary N) is 1. The van der Waals surface area contributed by atoms with Gasteiger partial charge in [-0.05, 0) is 0 Å². The van der Waals surface area contributed by atoms with Crippen molar-refractivity contribution in [1.29, 1.82) is 0 Å². The van der Waals surface area contributed by atoms with Crippen LogP contribution in [0.25, 0.3) is 0 Å². The van der Waals surface area contributed by atoms with Crippen LogP contribution < -0.4 is 11.1 Å². The van der Waals surface area contributed by atoms with Crippen LogP contribution in [0.5, 0.6) is 0 Å². The average Bonchev–Trinajstić information content (AvgIpc) is 1.80. The van der Waals surface area contributed by atoms with E-state index >= 15 is 0 Å². The molecule has 6 heteroatoms. The van der Waals surface area contributed by atoms with Gasteiger partial charge in [-0.25, -0.2) is 0 Å². The lowest BCUT2D eigenvalue weighted by Gasteiger charge is -2.08. The molecule has 0 aliphatic rings. The predicted molar refractivity (Wildman–Crippen MR) is 32.9 cm³/mol. The molecule has 0 radical (unpaired) electrons. The van der Waals surface area contributed by atoms with Crippen LogP contribution in [-0.4, -0.2) is 24.4 Å². The third kappa shape index (κ3) is 3.58. The molecule has 0 saturated carbocycles. The zero-order chi connectivity index (χ0) is 8.20. The van der Waals surface area contributed by atoms with E-state index in [4.69, 9.17) is 11.6 Å². The van der Waals surface area contributed by atoms with Crippen molar-refractivity contribution in [3.8, 4) is 0 Å². The minimum Gasteiger partial charge on any atom is -0.348 e. The van der Waals surface area contributed by atoms with E-state index in [9.17, 15) is 13.6 Å². The second kappa shape index (κ2) is 3.68. The molecule has 0 bridgehead atoms. The summed E-state index contributed by atoms with van der Waals surface area (Å²) >= 11 is 5.10. The van der Waals surface area contributed by atoms with Crippen LogP contribution in [0.2, 0.25) is 0 Å². The highest BCUT2D eigenvalue weighted by Gasteiger charge is 2.32. The van der Waals surface area contributed by atoms with Crippen molar-refractivity contribution in [3.05, 3.63) is 0 Å². The lowest BCUT2D eigenvalue weighted by Crippen LogP contribution is -2.47. The summed E-state index contributed by atoms with van der Waals surface area (Å²) in [5.74, 6) is -1.42. The zero-order valence-corrected chi connectivity index (χ0v) is 5.79. The molecule has 0 aliphatic heterocycles. The maximum Gasteiger partial charge on any atom is 0.378 e. The number of amides is 1. The second-order valence-electron chi connectivity index (χ2n) is 1.57. The van der Waals surface area contributed by atoms with E-state index in [0.29, 0.717) is 0 Å². The first kappa shape index (κ1) is 9.58. The minimum atomic E-state index is -3.80. The second-order valence-corrected chi connectivity index (χ2v) is 1.95. The monoisotopic (exact) mass is 172 g/mol. The molecule has 10 heavy (non-hydrogen) atoms. The fourth-order valence-electron chi connectivity index (χ4n) is 0.279. The molecule has 0 heterocycles. The highest BCUT2D eigenvalue weighted by atomic mass is 35.5. The molecule has 3 N–H and O–H groups in total. The van der Waals surface area contributed by atoms with Crippen molar-refractivity contribution in [2.45, 2.75) is 6.05 Å². The molecule has 1 amide bonds. The summed E-state index contributed by atoms with van der Waals surface area (Å²) in [4.78, 5) is 10.2. The first-order chi connectivity index (χ1) is 4.48. The van der Waals surface area contributed by atoms with Crippen molar-refractivity contribution < 1.29 is 13.6 Å². The molecule has 0 aromatic carbocycles. The van der Waals surface area contributed by atoms with Gasteiger partial charge in [0.15, 0.2) is 0 Å². The molecule has 3 nitrogen and oxygen atoms in total. The molecule has 0 rings (SSSR count). The topological polar surface area (TPSA) is 55.1 Å². The number of nitrogens with two attached hydrogens (primary N) is 1. The van der Waals surface area contributed by atoms with Crippen molar-refractivity contribution in [2.24, 2.45) is 5.73 Å².